The van der Waals surface area contributed by atoms with Gasteiger partial charge in [-0.25, -0.2) is 4.79 Å². The maximum atomic E-state index is 11.8. The zero-order chi connectivity index (χ0) is 12.8. The molecule has 0 spiro atoms. The zero-order valence-corrected chi connectivity index (χ0v) is 11.7. The molecule has 0 saturated heterocycles. The molecule has 1 rings (SSSR count). The third-order valence-corrected chi connectivity index (χ3v) is 3.06. The molecule has 0 aliphatic heterocycles. The van der Waals surface area contributed by atoms with E-state index >= 15 is 0 Å². The summed E-state index contributed by atoms with van der Waals surface area (Å²) in [7, 11) is 0. The van der Waals surface area contributed by atoms with Crippen LogP contribution in [-0.4, -0.2) is 12.6 Å². The van der Waals surface area contributed by atoms with Crippen LogP contribution in [0.2, 0.25) is 5.02 Å². The van der Waals surface area contributed by atoms with Gasteiger partial charge in [0.1, 0.15) is 0 Å². The fraction of sp³-hybridized carbons (Fsp3) is 0.462. The fourth-order valence-corrected chi connectivity index (χ4v) is 1.94. The minimum absolute atomic E-state index is 0.377. The molecule has 0 aliphatic rings. The third-order valence-electron chi connectivity index (χ3n) is 2.45. The van der Waals surface area contributed by atoms with Crippen molar-refractivity contribution in [1.82, 2.24) is 0 Å². The van der Waals surface area contributed by atoms with Crippen LogP contribution >= 0.6 is 24.2 Å². The predicted octanol–water partition coefficient (Wildman–Crippen LogP) is 4.22. The van der Waals surface area contributed by atoms with Crippen molar-refractivity contribution >= 4 is 30.2 Å². The first kappa shape index (κ1) is 14.4. The SMILES string of the molecule is CCCC(C)COC(=O)c1cc(S)ccc1Cl. The number of esters is 1. The Morgan fingerprint density at radius 2 is 2.24 bits per heavy atom. The summed E-state index contributed by atoms with van der Waals surface area (Å²) in [5.41, 5.74) is 0.378. The standard InChI is InChI=1S/C13H17ClO2S/c1-3-4-9(2)8-16-13(15)11-7-10(17)5-6-12(11)14/h5-7,9,17H,3-4,8H2,1-2H3. The summed E-state index contributed by atoms with van der Waals surface area (Å²) >= 11 is 10.1. The maximum absolute atomic E-state index is 11.8. The lowest BCUT2D eigenvalue weighted by Gasteiger charge is -2.11. The molecule has 2 nitrogen and oxygen atoms in total. The molecule has 4 heteroatoms. The van der Waals surface area contributed by atoms with Crippen LogP contribution in [0.4, 0.5) is 0 Å². The van der Waals surface area contributed by atoms with Crippen molar-refractivity contribution in [1.29, 1.82) is 0 Å². The lowest BCUT2D eigenvalue weighted by Crippen LogP contribution is -2.12. The van der Waals surface area contributed by atoms with E-state index in [1.54, 1.807) is 18.2 Å². The molecule has 0 amide bonds. The molecule has 17 heavy (non-hydrogen) atoms. The van der Waals surface area contributed by atoms with E-state index in [4.69, 9.17) is 16.3 Å². The van der Waals surface area contributed by atoms with Crippen molar-refractivity contribution in [2.75, 3.05) is 6.61 Å². The first-order chi connectivity index (χ1) is 8.04. The number of rotatable bonds is 5. The Morgan fingerprint density at radius 3 is 2.88 bits per heavy atom. The van der Waals surface area contributed by atoms with Gasteiger partial charge in [-0.2, -0.15) is 0 Å². The van der Waals surface area contributed by atoms with E-state index in [1.165, 1.54) is 0 Å². The molecule has 0 aromatic heterocycles. The maximum Gasteiger partial charge on any atom is 0.339 e. The summed E-state index contributed by atoms with van der Waals surface area (Å²) in [5, 5.41) is 0.399. The number of carbonyl (C=O) groups excluding carboxylic acids is 1. The van der Waals surface area contributed by atoms with Crippen molar-refractivity contribution in [3.8, 4) is 0 Å². The van der Waals surface area contributed by atoms with Crippen molar-refractivity contribution in [2.45, 2.75) is 31.6 Å². The normalized spacial score (nSPS) is 12.2. The van der Waals surface area contributed by atoms with Gasteiger partial charge < -0.3 is 4.74 Å². The van der Waals surface area contributed by atoms with E-state index in [2.05, 4.69) is 26.5 Å². The second-order valence-electron chi connectivity index (χ2n) is 4.16. The van der Waals surface area contributed by atoms with Gasteiger partial charge in [0, 0.05) is 4.90 Å². The van der Waals surface area contributed by atoms with E-state index < -0.39 is 0 Å². The van der Waals surface area contributed by atoms with Crippen LogP contribution in [0.25, 0.3) is 0 Å². The highest BCUT2D eigenvalue weighted by Gasteiger charge is 2.13. The van der Waals surface area contributed by atoms with E-state index in [0.717, 1.165) is 12.8 Å². The summed E-state index contributed by atoms with van der Waals surface area (Å²) in [6.07, 6.45) is 2.14. The number of carbonyl (C=O) groups is 1. The summed E-state index contributed by atoms with van der Waals surface area (Å²) < 4.78 is 5.22. The van der Waals surface area contributed by atoms with E-state index in [1.807, 2.05) is 0 Å². The molecular formula is C13H17ClO2S. The molecular weight excluding hydrogens is 256 g/mol. The quantitative estimate of drug-likeness (QED) is 0.642. The summed E-state index contributed by atoms with van der Waals surface area (Å²) in [6, 6.07) is 5.01. The molecule has 0 aliphatic carbocycles. The van der Waals surface area contributed by atoms with Gasteiger partial charge >= 0.3 is 5.97 Å². The van der Waals surface area contributed by atoms with Gasteiger partial charge in [0.05, 0.1) is 17.2 Å². The van der Waals surface area contributed by atoms with Gasteiger partial charge in [0.15, 0.2) is 0 Å². The van der Waals surface area contributed by atoms with Gasteiger partial charge in [0.2, 0.25) is 0 Å². The minimum Gasteiger partial charge on any atom is -0.462 e. The van der Waals surface area contributed by atoms with Gasteiger partial charge in [-0.3, -0.25) is 0 Å². The van der Waals surface area contributed by atoms with Crippen LogP contribution in [0, 0.1) is 5.92 Å². The summed E-state index contributed by atoms with van der Waals surface area (Å²) in [6.45, 7) is 4.60. The van der Waals surface area contributed by atoms with Gasteiger partial charge in [-0.05, 0) is 30.5 Å². The van der Waals surface area contributed by atoms with Gasteiger partial charge in [0.25, 0.3) is 0 Å². The number of hydrogen-bond acceptors (Lipinski definition) is 3. The second kappa shape index (κ2) is 6.92. The Morgan fingerprint density at radius 1 is 1.53 bits per heavy atom. The number of benzene rings is 1. The van der Waals surface area contributed by atoms with Crippen molar-refractivity contribution < 1.29 is 9.53 Å². The molecule has 0 N–H and O–H groups in total. The molecule has 0 fully saturated rings. The third kappa shape index (κ3) is 4.60. The van der Waals surface area contributed by atoms with Crippen LogP contribution in [0.15, 0.2) is 23.1 Å². The molecule has 94 valence electrons. The van der Waals surface area contributed by atoms with Gasteiger partial charge in [-0.15, -0.1) is 12.6 Å². The highest BCUT2D eigenvalue weighted by atomic mass is 35.5. The number of ether oxygens (including phenoxy) is 1. The summed E-state index contributed by atoms with van der Waals surface area (Å²) in [5.74, 6) is -0.00392. The number of hydrogen-bond donors (Lipinski definition) is 1. The fourth-order valence-electron chi connectivity index (χ4n) is 1.54. The van der Waals surface area contributed by atoms with E-state index in [9.17, 15) is 4.79 Å². The van der Waals surface area contributed by atoms with E-state index in [-0.39, 0.29) is 5.97 Å². The Hall–Kier alpha value is -0.670. The van der Waals surface area contributed by atoms with Crippen LogP contribution in [-0.2, 0) is 4.74 Å². The number of thiol groups is 1. The largest absolute Gasteiger partial charge is 0.462 e. The predicted molar refractivity (Wildman–Crippen MR) is 73.1 cm³/mol. The number of halogens is 1. The highest BCUT2D eigenvalue weighted by molar-refractivity contribution is 7.80. The highest BCUT2D eigenvalue weighted by Crippen LogP contribution is 2.20. The van der Waals surface area contributed by atoms with Crippen molar-refractivity contribution in [3.63, 3.8) is 0 Å². The molecule has 0 heterocycles. The van der Waals surface area contributed by atoms with Crippen LogP contribution in [0.5, 0.6) is 0 Å². The lowest BCUT2D eigenvalue weighted by atomic mass is 10.1. The average Bonchev–Trinajstić information content (AvgIpc) is 2.29. The Bertz CT molecular complexity index is 393. The summed E-state index contributed by atoms with van der Waals surface area (Å²) in [4.78, 5) is 12.5. The van der Waals surface area contributed by atoms with Crippen molar-refractivity contribution in [2.24, 2.45) is 5.92 Å². The molecule has 1 aromatic carbocycles. The lowest BCUT2D eigenvalue weighted by molar-refractivity contribution is 0.0443. The van der Waals surface area contributed by atoms with Crippen LogP contribution in [0.3, 0.4) is 0 Å². The zero-order valence-electron chi connectivity index (χ0n) is 10.1. The first-order valence-corrected chi connectivity index (χ1v) is 6.52. The first-order valence-electron chi connectivity index (χ1n) is 5.70. The molecule has 1 unspecified atom stereocenters. The molecule has 0 bridgehead atoms. The molecule has 0 radical (unpaired) electrons. The monoisotopic (exact) mass is 272 g/mol. The van der Waals surface area contributed by atoms with E-state index in [0.29, 0.717) is 28.0 Å². The smallest absolute Gasteiger partial charge is 0.339 e. The minimum atomic E-state index is -0.381. The average molecular weight is 273 g/mol. The Labute approximate surface area is 113 Å². The molecule has 1 atom stereocenters. The second-order valence-corrected chi connectivity index (χ2v) is 5.08. The Balaban J connectivity index is 2.61. The Kier molecular flexibility index (Phi) is 5.86. The van der Waals surface area contributed by atoms with Gasteiger partial charge in [-0.1, -0.05) is 31.9 Å². The van der Waals surface area contributed by atoms with Crippen LogP contribution < -0.4 is 0 Å². The molecule has 0 saturated carbocycles. The molecule has 1 aromatic rings. The van der Waals surface area contributed by atoms with Crippen molar-refractivity contribution in [3.05, 3.63) is 28.8 Å². The van der Waals surface area contributed by atoms with Crippen LogP contribution in [0.1, 0.15) is 37.0 Å². The topological polar surface area (TPSA) is 26.3 Å².